The Hall–Kier alpha value is -1.35. The number of hydrogen-bond acceptors (Lipinski definition) is 2. The Morgan fingerprint density at radius 1 is 1.22 bits per heavy atom. The topological polar surface area (TPSA) is 41.1 Å². The molecule has 0 aliphatic carbocycles. The first-order valence-electron chi connectivity index (χ1n) is 6.67. The van der Waals surface area contributed by atoms with Gasteiger partial charge in [-0.2, -0.15) is 0 Å². The summed E-state index contributed by atoms with van der Waals surface area (Å²) in [5.74, 6) is 0.130. The quantitative estimate of drug-likeness (QED) is 0.727. The average molecular weight is 248 g/mol. The minimum absolute atomic E-state index is 0.130. The molecular formula is C15H24N2O. The maximum absolute atomic E-state index is 11.4. The number of nitrogens with one attached hydrogen (secondary N) is 2. The second kappa shape index (κ2) is 7.88. The number of benzene rings is 1. The second-order valence-electron chi connectivity index (χ2n) is 4.71. The molecule has 0 aliphatic rings. The lowest BCUT2D eigenvalue weighted by Gasteiger charge is -2.08. The molecule has 0 atom stereocenters. The smallest absolute Gasteiger partial charge is 0.221 e. The van der Waals surface area contributed by atoms with Crippen molar-refractivity contribution in [3.8, 4) is 0 Å². The van der Waals surface area contributed by atoms with Crippen LogP contribution in [0.25, 0.3) is 0 Å². The third-order valence-corrected chi connectivity index (χ3v) is 2.91. The van der Waals surface area contributed by atoms with Crippen molar-refractivity contribution in [3.63, 3.8) is 0 Å². The van der Waals surface area contributed by atoms with Crippen molar-refractivity contribution >= 4 is 5.91 Å². The van der Waals surface area contributed by atoms with Crippen LogP contribution in [-0.2, 0) is 11.3 Å². The SMILES string of the molecule is CCCNC(=O)CCNCc1ccc(C)cc1C. The Balaban J connectivity index is 2.23. The van der Waals surface area contributed by atoms with Crippen molar-refractivity contribution in [3.05, 3.63) is 34.9 Å². The molecule has 0 saturated carbocycles. The standard InChI is InChI=1S/C15H24N2O/c1-4-8-17-15(18)7-9-16-11-14-6-5-12(2)10-13(14)3/h5-6,10,16H,4,7-9,11H2,1-3H3,(H,17,18). The highest BCUT2D eigenvalue weighted by molar-refractivity contribution is 5.75. The van der Waals surface area contributed by atoms with Gasteiger partial charge in [0.1, 0.15) is 0 Å². The van der Waals surface area contributed by atoms with Gasteiger partial charge in [-0.25, -0.2) is 0 Å². The fraction of sp³-hybridized carbons (Fsp3) is 0.533. The summed E-state index contributed by atoms with van der Waals surface area (Å²) >= 11 is 0. The molecule has 3 nitrogen and oxygen atoms in total. The van der Waals surface area contributed by atoms with Gasteiger partial charge in [-0.15, -0.1) is 0 Å². The van der Waals surface area contributed by atoms with Crippen LogP contribution in [0.4, 0.5) is 0 Å². The normalized spacial score (nSPS) is 10.4. The molecule has 18 heavy (non-hydrogen) atoms. The highest BCUT2D eigenvalue weighted by atomic mass is 16.1. The summed E-state index contributed by atoms with van der Waals surface area (Å²) in [7, 11) is 0. The van der Waals surface area contributed by atoms with Crippen LogP contribution in [0.15, 0.2) is 18.2 Å². The number of amides is 1. The van der Waals surface area contributed by atoms with E-state index in [-0.39, 0.29) is 5.91 Å². The van der Waals surface area contributed by atoms with E-state index in [1.165, 1.54) is 16.7 Å². The van der Waals surface area contributed by atoms with Crippen LogP contribution < -0.4 is 10.6 Å². The van der Waals surface area contributed by atoms with Crippen molar-refractivity contribution in [2.45, 2.75) is 40.2 Å². The molecule has 0 spiro atoms. The van der Waals surface area contributed by atoms with Gasteiger partial charge < -0.3 is 10.6 Å². The number of aryl methyl sites for hydroxylation is 2. The molecule has 0 saturated heterocycles. The summed E-state index contributed by atoms with van der Waals surface area (Å²) in [4.78, 5) is 11.4. The van der Waals surface area contributed by atoms with Gasteiger partial charge in [0, 0.05) is 26.1 Å². The third kappa shape index (κ3) is 5.32. The largest absolute Gasteiger partial charge is 0.356 e. The minimum atomic E-state index is 0.130. The van der Waals surface area contributed by atoms with E-state index in [0.29, 0.717) is 6.42 Å². The van der Waals surface area contributed by atoms with Crippen molar-refractivity contribution in [2.75, 3.05) is 13.1 Å². The molecule has 0 fully saturated rings. The van der Waals surface area contributed by atoms with Crippen molar-refractivity contribution in [1.29, 1.82) is 0 Å². The van der Waals surface area contributed by atoms with Crippen LogP contribution in [0, 0.1) is 13.8 Å². The number of rotatable bonds is 7. The molecule has 1 aromatic rings. The van der Waals surface area contributed by atoms with E-state index in [4.69, 9.17) is 0 Å². The average Bonchev–Trinajstić information content (AvgIpc) is 2.34. The minimum Gasteiger partial charge on any atom is -0.356 e. The maximum Gasteiger partial charge on any atom is 0.221 e. The van der Waals surface area contributed by atoms with E-state index in [1.54, 1.807) is 0 Å². The third-order valence-electron chi connectivity index (χ3n) is 2.91. The lowest BCUT2D eigenvalue weighted by atomic mass is 10.1. The molecule has 0 aliphatic heterocycles. The summed E-state index contributed by atoms with van der Waals surface area (Å²) in [6.07, 6.45) is 1.53. The Bertz CT molecular complexity index is 388. The summed E-state index contributed by atoms with van der Waals surface area (Å²) < 4.78 is 0. The van der Waals surface area contributed by atoms with Gasteiger partial charge in [-0.1, -0.05) is 30.7 Å². The summed E-state index contributed by atoms with van der Waals surface area (Å²) in [6, 6.07) is 6.46. The van der Waals surface area contributed by atoms with Crippen LogP contribution in [0.2, 0.25) is 0 Å². The molecule has 100 valence electrons. The van der Waals surface area contributed by atoms with Crippen molar-refractivity contribution in [2.24, 2.45) is 0 Å². The van der Waals surface area contributed by atoms with E-state index < -0.39 is 0 Å². The molecule has 0 heterocycles. The first-order valence-corrected chi connectivity index (χ1v) is 6.67. The van der Waals surface area contributed by atoms with Gasteiger partial charge in [0.25, 0.3) is 0 Å². The van der Waals surface area contributed by atoms with Gasteiger partial charge in [-0.3, -0.25) is 4.79 Å². The van der Waals surface area contributed by atoms with Crippen LogP contribution in [-0.4, -0.2) is 19.0 Å². The zero-order valence-corrected chi connectivity index (χ0v) is 11.7. The monoisotopic (exact) mass is 248 g/mol. The zero-order valence-electron chi connectivity index (χ0n) is 11.7. The summed E-state index contributed by atoms with van der Waals surface area (Å²) in [5.41, 5.74) is 3.89. The predicted octanol–water partition coefficient (Wildman–Crippen LogP) is 2.31. The first-order chi connectivity index (χ1) is 8.63. The lowest BCUT2D eigenvalue weighted by Crippen LogP contribution is -2.28. The Kier molecular flexibility index (Phi) is 6.44. The van der Waals surface area contributed by atoms with Gasteiger partial charge in [0.2, 0.25) is 5.91 Å². The van der Waals surface area contributed by atoms with Crippen LogP contribution in [0.5, 0.6) is 0 Å². The predicted molar refractivity (Wildman–Crippen MR) is 75.5 cm³/mol. The van der Waals surface area contributed by atoms with Crippen molar-refractivity contribution < 1.29 is 4.79 Å². The van der Waals surface area contributed by atoms with Crippen LogP contribution in [0.1, 0.15) is 36.5 Å². The van der Waals surface area contributed by atoms with E-state index in [2.05, 4.69) is 49.6 Å². The highest BCUT2D eigenvalue weighted by Crippen LogP contribution is 2.09. The van der Waals surface area contributed by atoms with Crippen LogP contribution >= 0.6 is 0 Å². The molecular weight excluding hydrogens is 224 g/mol. The lowest BCUT2D eigenvalue weighted by molar-refractivity contribution is -0.120. The van der Waals surface area contributed by atoms with E-state index in [1.807, 2.05) is 0 Å². The van der Waals surface area contributed by atoms with E-state index in [0.717, 1.165) is 26.1 Å². The number of carbonyl (C=O) groups is 1. The fourth-order valence-corrected chi connectivity index (χ4v) is 1.82. The van der Waals surface area contributed by atoms with E-state index in [9.17, 15) is 4.79 Å². The summed E-state index contributed by atoms with van der Waals surface area (Å²) in [6.45, 7) is 8.60. The van der Waals surface area contributed by atoms with E-state index >= 15 is 0 Å². The molecule has 2 N–H and O–H groups in total. The van der Waals surface area contributed by atoms with Crippen LogP contribution in [0.3, 0.4) is 0 Å². The Morgan fingerprint density at radius 3 is 2.67 bits per heavy atom. The van der Waals surface area contributed by atoms with Gasteiger partial charge >= 0.3 is 0 Å². The highest BCUT2D eigenvalue weighted by Gasteiger charge is 2.01. The zero-order chi connectivity index (χ0) is 13.4. The molecule has 1 aromatic carbocycles. The molecule has 0 unspecified atom stereocenters. The molecule has 3 heteroatoms. The van der Waals surface area contributed by atoms with Gasteiger partial charge in [0.15, 0.2) is 0 Å². The summed E-state index contributed by atoms with van der Waals surface area (Å²) in [5, 5.41) is 6.18. The molecule has 0 aromatic heterocycles. The fourth-order valence-electron chi connectivity index (χ4n) is 1.82. The van der Waals surface area contributed by atoms with Crippen molar-refractivity contribution in [1.82, 2.24) is 10.6 Å². The molecule has 0 radical (unpaired) electrons. The Morgan fingerprint density at radius 2 is 2.00 bits per heavy atom. The maximum atomic E-state index is 11.4. The number of hydrogen-bond donors (Lipinski definition) is 2. The second-order valence-corrected chi connectivity index (χ2v) is 4.71. The number of carbonyl (C=O) groups excluding carboxylic acids is 1. The molecule has 0 bridgehead atoms. The van der Waals surface area contributed by atoms with Gasteiger partial charge in [0.05, 0.1) is 0 Å². The molecule has 1 rings (SSSR count). The first kappa shape index (κ1) is 14.7. The Labute approximate surface area is 110 Å². The van der Waals surface area contributed by atoms with Gasteiger partial charge in [-0.05, 0) is 31.4 Å². The molecule has 1 amide bonds.